The molecule has 1 aromatic heterocycles. The van der Waals surface area contributed by atoms with E-state index >= 15 is 0 Å². The number of aromatic nitrogens is 2. The van der Waals surface area contributed by atoms with Crippen LogP contribution < -0.4 is 5.32 Å². The largest absolute Gasteiger partial charge is 0.352 e. The number of carbonyl (C=O) groups excluding carboxylic acids is 1. The van der Waals surface area contributed by atoms with Gasteiger partial charge in [-0.2, -0.15) is 5.10 Å². The molecule has 0 saturated carbocycles. The monoisotopic (exact) mass is 297 g/mol. The molecular formula is C18H23N3O. The van der Waals surface area contributed by atoms with Gasteiger partial charge in [0, 0.05) is 25.9 Å². The van der Waals surface area contributed by atoms with Gasteiger partial charge < -0.3 is 5.32 Å². The van der Waals surface area contributed by atoms with Gasteiger partial charge in [-0.25, -0.2) is 0 Å². The molecule has 1 amide bonds. The molecule has 4 nitrogen and oxygen atoms in total. The standard InChI is InChI=1S/C18H23N3O/c1-15(8-9-16-6-4-3-5-7-16)12-18(22)19-11-10-17-13-20-21(2)14-17/h3-7,12-14H,8-11H2,1-2H3,(H,19,22)/b15-12+. The van der Waals surface area contributed by atoms with Crippen LogP contribution in [0.15, 0.2) is 54.4 Å². The van der Waals surface area contributed by atoms with Gasteiger partial charge in [0.2, 0.25) is 5.91 Å². The van der Waals surface area contributed by atoms with Crippen molar-refractivity contribution in [3.63, 3.8) is 0 Å². The Bertz CT molecular complexity index is 629. The van der Waals surface area contributed by atoms with Crippen molar-refractivity contribution in [3.05, 3.63) is 65.5 Å². The number of hydrogen-bond acceptors (Lipinski definition) is 2. The Morgan fingerprint density at radius 3 is 2.68 bits per heavy atom. The van der Waals surface area contributed by atoms with Gasteiger partial charge in [-0.05, 0) is 37.3 Å². The zero-order valence-corrected chi connectivity index (χ0v) is 13.2. The van der Waals surface area contributed by atoms with Crippen LogP contribution in [0.25, 0.3) is 0 Å². The van der Waals surface area contributed by atoms with Crippen molar-refractivity contribution in [1.29, 1.82) is 0 Å². The second kappa shape index (κ2) is 8.17. The predicted molar refractivity (Wildman–Crippen MR) is 88.4 cm³/mol. The molecule has 116 valence electrons. The lowest BCUT2D eigenvalue weighted by molar-refractivity contribution is -0.116. The fraction of sp³-hybridized carbons (Fsp3) is 0.333. The number of rotatable bonds is 7. The van der Waals surface area contributed by atoms with Gasteiger partial charge in [0.25, 0.3) is 0 Å². The van der Waals surface area contributed by atoms with E-state index in [0.29, 0.717) is 6.54 Å². The quantitative estimate of drug-likeness (QED) is 0.799. The van der Waals surface area contributed by atoms with Crippen LogP contribution in [0.3, 0.4) is 0 Å². The summed E-state index contributed by atoms with van der Waals surface area (Å²) < 4.78 is 1.77. The number of hydrogen-bond donors (Lipinski definition) is 1. The van der Waals surface area contributed by atoms with Crippen LogP contribution in [-0.2, 0) is 24.7 Å². The summed E-state index contributed by atoms with van der Waals surface area (Å²) in [5.74, 6) is -0.0190. The summed E-state index contributed by atoms with van der Waals surface area (Å²) in [5, 5.41) is 7.03. The summed E-state index contributed by atoms with van der Waals surface area (Å²) in [5.41, 5.74) is 3.53. The van der Waals surface area contributed by atoms with E-state index in [1.807, 2.05) is 44.6 Å². The molecule has 1 aromatic carbocycles. The first-order valence-electron chi connectivity index (χ1n) is 7.60. The third-order valence-electron chi connectivity index (χ3n) is 3.50. The minimum atomic E-state index is -0.0190. The Morgan fingerprint density at radius 1 is 1.23 bits per heavy atom. The number of nitrogens with zero attached hydrogens (tertiary/aromatic N) is 2. The van der Waals surface area contributed by atoms with Gasteiger partial charge in [0.05, 0.1) is 6.20 Å². The molecule has 0 radical (unpaired) electrons. The normalized spacial score (nSPS) is 11.5. The molecule has 22 heavy (non-hydrogen) atoms. The van der Waals surface area contributed by atoms with Crippen LogP contribution in [0, 0.1) is 0 Å². The lowest BCUT2D eigenvalue weighted by Gasteiger charge is -2.04. The highest BCUT2D eigenvalue weighted by molar-refractivity contribution is 5.88. The second-order valence-corrected chi connectivity index (χ2v) is 5.54. The summed E-state index contributed by atoms with van der Waals surface area (Å²) in [7, 11) is 1.89. The van der Waals surface area contributed by atoms with Crippen molar-refractivity contribution >= 4 is 5.91 Å². The van der Waals surface area contributed by atoms with Gasteiger partial charge in [-0.3, -0.25) is 9.48 Å². The molecule has 1 heterocycles. The molecule has 0 bridgehead atoms. The Labute approximate surface area is 131 Å². The number of carbonyl (C=O) groups is 1. The van der Waals surface area contributed by atoms with Gasteiger partial charge in [-0.1, -0.05) is 35.9 Å². The van der Waals surface area contributed by atoms with E-state index in [1.54, 1.807) is 10.8 Å². The molecule has 0 aliphatic rings. The number of amides is 1. The van der Waals surface area contributed by atoms with Crippen LogP contribution >= 0.6 is 0 Å². The Morgan fingerprint density at radius 2 is 2.00 bits per heavy atom. The third kappa shape index (κ3) is 5.56. The molecule has 2 aromatic rings. The Kier molecular flexibility index (Phi) is 5.95. The molecule has 0 spiro atoms. The average molecular weight is 297 g/mol. The van der Waals surface area contributed by atoms with Crippen LogP contribution in [0.2, 0.25) is 0 Å². The van der Waals surface area contributed by atoms with E-state index in [9.17, 15) is 4.79 Å². The van der Waals surface area contributed by atoms with E-state index in [2.05, 4.69) is 22.5 Å². The number of aryl methyl sites for hydroxylation is 2. The summed E-state index contributed by atoms with van der Waals surface area (Å²) in [6.45, 7) is 2.64. The highest BCUT2D eigenvalue weighted by Gasteiger charge is 2.01. The molecular weight excluding hydrogens is 274 g/mol. The molecule has 0 aliphatic heterocycles. The topological polar surface area (TPSA) is 46.9 Å². The molecule has 1 N–H and O–H groups in total. The molecule has 4 heteroatoms. The highest BCUT2D eigenvalue weighted by atomic mass is 16.1. The van der Waals surface area contributed by atoms with E-state index < -0.39 is 0 Å². The molecule has 0 unspecified atom stereocenters. The smallest absolute Gasteiger partial charge is 0.243 e. The second-order valence-electron chi connectivity index (χ2n) is 5.54. The average Bonchev–Trinajstić information content (AvgIpc) is 2.92. The first-order chi connectivity index (χ1) is 10.6. The lowest BCUT2D eigenvalue weighted by atomic mass is 10.1. The molecule has 0 aliphatic carbocycles. The van der Waals surface area contributed by atoms with Crippen LogP contribution in [0.5, 0.6) is 0 Å². The van der Waals surface area contributed by atoms with Crippen molar-refractivity contribution in [2.24, 2.45) is 7.05 Å². The number of nitrogens with one attached hydrogen (secondary N) is 1. The van der Waals surface area contributed by atoms with Crippen LogP contribution in [0.4, 0.5) is 0 Å². The first-order valence-corrected chi connectivity index (χ1v) is 7.60. The summed E-state index contributed by atoms with van der Waals surface area (Å²) >= 11 is 0. The minimum absolute atomic E-state index is 0.0190. The fourth-order valence-electron chi connectivity index (χ4n) is 2.26. The van der Waals surface area contributed by atoms with Gasteiger partial charge in [0.15, 0.2) is 0 Å². The van der Waals surface area contributed by atoms with Gasteiger partial charge >= 0.3 is 0 Å². The van der Waals surface area contributed by atoms with E-state index in [4.69, 9.17) is 0 Å². The maximum absolute atomic E-state index is 11.9. The first kappa shape index (κ1) is 16.0. The summed E-state index contributed by atoms with van der Waals surface area (Å²) in [6.07, 6.45) is 8.16. The molecule has 0 atom stereocenters. The van der Waals surface area contributed by atoms with E-state index in [1.165, 1.54) is 5.56 Å². The van der Waals surface area contributed by atoms with Crippen molar-refractivity contribution in [2.75, 3.05) is 6.54 Å². The Hall–Kier alpha value is -2.36. The number of allylic oxidation sites excluding steroid dienone is 1. The minimum Gasteiger partial charge on any atom is -0.352 e. The van der Waals surface area contributed by atoms with Gasteiger partial charge in [-0.15, -0.1) is 0 Å². The fourth-order valence-corrected chi connectivity index (χ4v) is 2.26. The summed E-state index contributed by atoms with van der Waals surface area (Å²) in [6, 6.07) is 10.3. The molecule has 0 fully saturated rings. The van der Waals surface area contributed by atoms with Crippen molar-refractivity contribution < 1.29 is 4.79 Å². The third-order valence-corrected chi connectivity index (χ3v) is 3.50. The lowest BCUT2D eigenvalue weighted by Crippen LogP contribution is -2.23. The van der Waals surface area contributed by atoms with Crippen LogP contribution in [-0.4, -0.2) is 22.2 Å². The molecule has 2 rings (SSSR count). The van der Waals surface area contributed by atoms with Gasteiger partial charge in [0.1, 0.15) is 0 Å². The summed E-state index contributed by atoms with van der Waals surface area (Å²) in [4.78, 5) is 11.9. The predicted octanol–water partition coefficient (Wildman–Crippen LogP) is 2.66. The van der Waals surface area contributed by atoms with Crippen molar-refractivity contribution in [3.8, 4) is 0 Å². The molecule has 0 saturated heterocycles. The SMILES string of the molecule is C/C(=C\C(=O)NCCc1cnn(C)c1)CCc1ccccc1. The van der Waals surface area contributed by atoms with E-state index in [-0.39, 0.29) is 5.91 Å². The zero-order chi connectivity index (χ0) is 15.8. The maximum Gasteiger partial charge on any atom is 0.243 e. The Balaban J connectivity index is 1.70. The zero-order valence-electron chi connectivity index (χ0n) is 13.2. The van der Waals surface area contributed by atoms with Crippen LogP contribution in [0.1, 0.15) is 24.5 Å². The van der Waals surface area contributed by atoms with E-state index in [0.717, 1.165) is 30.4 Å². The van der Waals surface area contributed by atoms with Crippen molar-refractivity contribution in [1.82, 2.24) is 15.1 Å². The number of benzene rings is 1. The van der Waals surface area contributed by atoms with Crippen molar-refractivity contribution in [2.45, 2.75) is 26.2 Å². The maximum atomic E-state index is 11.9. The highest BCUT2D eigenvalue weighted by Crippen LogP contribution is 2.08.